The second kappa shape index (κ2) is 5.88. The second-order valence-corrected chi connectivity index (χ2v) is 4.78. The fourth-order valence-electron chi connectivity index (χ4n) is 1.88. The van der Waals surface area contributed by atoms with Crippen molar-refractivity contribution in [2.75, 3.05) is 0 Å². The highest BCUT2D eigenvalue weighted by Crippen LogP contribution is 2.31. The van der Waals surface area contributed by atoms with Crippen LogP contribution in [0.3, 0.4) is 0 Å². The van der Waals surface area contributed by atoms with Crippen LogP contribution in [-0.2, 0) is 0 Å². The lowest BCUT2D eigenvalue weighted by molar-refractivity contribution is -0.384. The molecule has 0 aliphatic heterocycles. The fraction of sp³-hybridized carbons (Fsp3) is 0.200. The number of rotatable bonds is 4. The number of aryl methyl sites for hydroxylation is 1. The summed E-state index contributed by atoms with van der Waals surface area (Å²) in [6, 6.07) is 8.18. The van der Waals surface area contributed by atoms with Crippen LogP contribution in [0.2, 0.25) is 0 Å². The molecular weight excluding hydrogens is 275 g/mol. The maximum Gasteiger partial charge on any atom is 0.269 e. The number of benzene rings is 2. The summed E-state index contributed by atoms with van der Waals surface area (Å²) in [5.41, 5.74) is 6.77. The normalized spacial score (nSPS) is 12.0. The van der Waals surface area contributed by atoms with Gasteiger partial charge in [0.05, 0.1) is 4.92 Å². The second-order valence-electron chi connectivity index (χ2n) is 4.78. The molecule has 0 heterocycles. The summed E-state index contributed by atoms with van der Waals surface area (Å²) in [5, 5.41) is 10.6. The van der Waals surface area contributed by atoms with Crippen LogP contribution in [0.15, 0.2) is 36.4 Å². The van der Waals surface area contributed by atoms with Crippen LogP contribution in [0.5, 0.6) is 11.5 Å². The van der Waals surface area contributed by atoms with E-state index in [1.54, 1.807) is 19.9 Å². The zero-order valence-electron chi connectivity index (χ0n) is 11.7. The SMILES string of the molecule is Cc1cc(Oc2ccc([N+](=O)[O-])cc2)c(C(C)N)cc1F. The van der Waals surface area contributed by atoms with Crippen LogP contribution in [0.4, 0.5) is 10.1 Å². The van der Waals surface area contributed by atoms with Gasteiger partial charge in [-0.05, 0) is 43.7 Å². The van der Waals surface area contributed by atoms with E-state index in [1.807, 2.05) is 0 Å². The number of nitro benzene ring substituents is 1. The first-order valence-corrected chi connectivity index (χ1v) is 6.36. The van der Waals surface area contributed by atoms with Gasteiger partial charge >= 0.3 is 0 Å². The quantitative estimate of drug-likeness (QED) is 0.685. The lowest BCUT2D eigenvalue weighted by Gasteiger charge is -2.15. The van der Waals surface area contributed by atoms with Gasteiger partial charge in [0.2, 0.25) is 0 Å². The van der Waals surface area contributed by atoms with Crippen LogP contribution < -0.4 is 10.5 Å². The molecule has 1 atom stereocenters. The minimum Gasteiger partial charge on any atom is -0.457 e. The van der Waals surface area contributed by atoms with Gasteiger partial charge in [-0.1, -0.05) is 0 Å². The Kier molecular flexibility index (Phi) is 4.18. The maximum atomic E-state index is 13.6. The first kappa shape index (κ1) is 14.9. The molecule has 0 saturated heterocycles. The molecule has 21 heavy (non-hydrogen) atoms. The van der Waals surface area contributed by atoms with Gasteiger partial charge < -0.3 is 10.5 Å². The van der Waals surface area contributed by atoms with Gasteiger partial charge in [0.1, 0.15) is 17.3 Å². The van der Waals surface area contributed by atoms with Crippen LogP contribution in [0.25, 0.3) is 0 Å². The van der Waals surface area contributed by atoms with E-state index in [1.165, 1.54) is 30.3 Å². The van der Waals surface area contributed by atoms with Gasteiger partial charge in [-0.15, -0.1) is 0 Å². The molecule has 0 bridgehead atoms. The van der Waals surface area contributed by atoms with E-state index >= 15 is 0 Å². The number of hydrogen-bond donors (Lipinski definition) is 1. The molecule has 0 amide bonds. The van der Waals surface area contributed by atoms with Crippen molar-refractivity contribution in [3.63, 3.8) is 0 Å². The molecule has 0 aliphatic carbocycles. The molecule has 0 saturated carbocycles. The topological polar surface area (TPSA) is 78.4 Å². The third-order valence-electron chi connectivity index (χ3n) is 3.06. The van der Waals surface area contributed by atoms with Crippen LogP contribution in [0.1, 0.15) is 24.1 Å². The maximum absolute atomic E-state index is 13.6. The summed E-state index contributed by atoms with van der Waals surface area (Å²) >= 11 is 0. The smallest absolute Gasteiger partial charge is 0.269 e. The number of nitrogens with zero attached hydrogens (tertiary/aromatic N) is 1. The van der Waals surface area contributed by atoms with Crippen molar-refractivity contribution >= 4 is 5.69 Å². The molecule has 0 radical (unpaired) electrons. The van der Waals surface area contributed by atoms with Gasteiger partial charge in [-0.3, -0.25) is 10.1 Å². The molecule has 0 fully saturated rings. The highest BCUT2D eigenvalue weighted by molar-refractivity contribution is 5.44. The Hall–Kier alpha value is -2.47. The number of hydrogen-bond acceptors (Lipinski definition) is 4. The highest BCUT2D eigenvalue weighted by atomic mass is 19.1. The van der Waals surface area contributed by atoms with E-state index in [0.717, 1.165) is 0 Å². The molecule has 5 nitrogen and oxygen atoms in total. The molecule has 6 heteroatoms. The van der Waals surface area contributed by atoms with E-state index < -0.39 is 11.0 Å². The molecule has 2 aromatic rings. The largest absolute Gasteiger partial charge is 0.457 e. The van der Waals surface area contributed by atoms with Crippen molar-refractivity contribution in [3.05, 3.63) is 63.5 Å². The summed E-state index contributed by atoms with van der Waals surface area (Å²) in [7, 11) is 0. The van der Waals surface area contributed by atoms with Gasteiger partial charge in [0, 0.05) is 23.7 Å². The van der Waals surface area contributed by atoms with Gasteiger partial charge in [0.25, 0.3) is 5.69 Å². The van der Waals surface area contributed by atoms with Crippen molar-refractivity contribution in [1.29, 1.82) is 0 Å². The Morgan fingerprint density at radius 3 is 2.43 bits per heavy atom. The van der Waals surface area contributed by atoms with Gasteiger partial charge in [-0.25, -0.2) is 4.39 Å². The minimum absolute atomic E-state index is 0.0231. The summed E-state index contributed by atoms with van der Waals surface area (Å²) in [4.78, 5) is 10.1. The summed E-state index contributed by atoms with van der Waals surface area (Å²) in [5.74, 6) is 0.518. The van der Waals surface area contributed by atoms with Crippen molar-refractivity contribution in [2.24, 2.45) is 5.73 Å². The molecule has 0 spiro atoms. The summed E-state index contributed by atoms with van der Waals surface area (Å²) in [6.07, 6.45) is 0. The molecular formula is C15H15FN2O3. The number of non-ortho nitro benzene ring substituents is 1. The van der Waals surface area contributed by atoms with Crippen LogP contribution in [0, 0.1) is 22.9 Å². The first-order chi connectivity index (χ1) is 9.88. The predicted molar refractivity (Wildman–Crippen MR) is 76.9 cm³/mol. The number of nitro groups is 1. The Morgan fingerprint density at radius 2 is 1.90 bits per heavy atom. The number of ether oxygens (including phenoxy) is 1. The number of nitrogens with two attached hydrogens (primary N) is 1. The van der Waals surface area contributed by atoms with Crippen molar-refractivity contribution in [3.8, 4) is 11.5 Å². The standard InChI is InChI=1S/C15H15FN2O3/c1-9-7-15(13(10(2)17)8-14(9)16)21-12-5-3-11(4-6-12)18(19)20/h3-8,10H,17H2,1-2H3. The Bertz CT molecular complexity index is 669. The van der Waals surface area contributed by atoms with E-state index in [0.29, 0.717) is 22.6 Å². The Labute approximate surface area is 121 Å². The van der Waals surface area contributed by atoms with Crippen LogP contribution >= 0.6 is 0 Å². The summed E-state index contributed by atoms with van der Waals surface area (Å²) < 4.78 is 19.3. The fourth-order valence-corrected chi connectivity index (χ4v) is 1.88. The summed E-state index contributed by atoms with van der Waals surface area (Å²) in [6.45, 7) is 3.36. The van der Waals surface area contributed by atoms with Crippen molar-refractivity contribution in [2.45, 2.75) is 19.9 Å². The molecule has 1 unspecified atom stereocenters. The first-order valence-electron chi connectivity index (χ1n) is 6.36. The highest BCUT2D eigenvalue weighted by Gasteiger charge is 2.13. The third kappa shape index (κ3) is 3.35. The van der Waals surface area contributed by atoms with Gasteiger partial charge in [0.15, 0.2) is 0 Å². The zero-order chi connectivity index (χ0) is 15.6. The van der Waals surface area contributed by atoms with Crippen molar-refractivity contribution < 1.29 is 14.1 Å². The Morgan fingerprint density at radius 1 is 1.29 bits per heavy atom. The zero-order valence-corrected chi connectivity index (χ0v) is 11.7. The number of halogens is 1. The molecule has 0 aromatic heterocycles. The average Bonchev–Trinajstić information content (AvgIpc) is 2.43. The molecule has 110 valence electrons. The van der Waals surface area contributed by atoms with E-state index in [2.05, 4.69) is 0 Å². The molecule has 2 aromatic carbocycles. The minimum atomic E-state index is -0.487. The molecule has 2 rings (SSSR count). The molecule has 2 N–H and O–H groups in total. The monoisotopic (exact) mass is 290 g/mol. The van der Waals surface area contributed by atoms with Crippen LogP contribution in [-0.4, -0.2) is 4.92 Å². The van der Waals surface area contributed by atoms with Crippen molar-refractivity contribution in [1.82, 2.24) is 0 Å². The van der Waals surface area contributed by atoms with E-state index in [9.17, 15) is 14.5 Å². The Balaban J connectivity index is 2.34. The molecule has 0 aliphatic rings. The third-order valence-corrected chi connectivity index (χ3v) is 3.06. The average molecular weight is 290 g/mol. The lowest BCUT2D eigenvalue weighted by atomic mass is 10.1. The van der Waals surface area contributed by atoms with E-state index in [-0.39, 0.29) is 11.5 Å². The predicted octanol–water partition coefficient (Wildman–Crippen LogP) is 3.85. The van der Waals surface area contributed by atoms with Gasteiger partial charge in [-0.2, -0.15) is 0 Å². The van der Waals surface area contributed by atoms with E-state index in [4.69, 9.17) is 10.5 Å². The lowest BCUT2D eigenvalue weighted by Crippen LogP contribution is -2.08.